The predicted octanol–water partition coefficient (Wildman–Crippen LogP) is 3.99. The first kappa shape index (κ1) is 16.6. The third-order valence-corrected chi connectivity index (χ3v) is 4.40. The molecule has 0 bridgehead atoms. The van der Waals surface area contributed by atoms with E-state index in [-0.39, 0.29) is 0 Å². The Kier molecular flexibility index (Phi) is 5.20. The first-order valence-corrected chi connectivity index (χ1v) is 8.58. The molecule has 0 spiro atoms. The van der Waals surface area contributed by atoms with Gasteiger partial charge in [0.1, 0.15) is 13.2 Å². The minimum absolute atomic E-state index is 0.598. The second-order valence-corrected chi connectivity index (χ2v) is 6.12. The minimum atomic E-state index is 0.598. The van der Waals surface area contributed by atoms with Gasteiger partial charge in [0.15, 0.2) is 16.6 Å². The Hall–Kier alpha value is -2.27. The predicted molar refractivity (Wildman–Crippen MR) is 101 cm³/mol. The Morgan fingerprint density at radius 2 is 1.88 bits per heavy atom. The zero-order chi connectivity index (χ0) is 16.9. The number of benzene rings is 2. The highest BCUT2D eigenvalue weighted by atomic mass is 32.1. The van der Waals surface area contributed by atoms with E-state index in [9.17, 15) is 0 Å². The van der Waals surface area contributed by atoms with E-state index in [0.717, 1.165) is 41.0 Å². The van der Waals surface area contributed by atoms with Crippen LogP contribution >= 0.6 is 12.2 Å². The normalized spacial score (nSPS) is 12.6. The fraction of sp³-hybridized carbons (Fsp3) is 0.316. The van der Waals surface area contributed by atoms with Crippen molar-refractivity contribution in [3.8, 4) is 11.5 Å². The van der Waals surface area contributed by atoms with Crippen molar-refractivity contribution >= 4 is 23.0 Å². The highest BCUT2D eigenvalue weighted by molar-refractivity contribution is 7.80. The molecule has 2 aromatic rings. The molecule has 1 aliphatic heterocycles. The van der Waals surface area contributed by atoms with E-state index in [4.69, 9.17) is 21.7 Å². The van der Waals surface area contributed by atoms with Crippen LogP contribution in [0.2, 0.25) is 0 Å². The lowest BCUT2D eigenvalue weighted by Crippen LogP contribution is -2.34. The first-order chi connectivity index (χ1) is 11.7. The van der Waals surface area contributed by atoms with Crippen LogP contribution in [0.5, 0.6) is 11.5 Å². The lowest BCUT2D eigenvalue weighted by atomic mass is 10.2. The number of rotatable bonds is 4. The zero-order valence-corrected chi connectivity index (χ0v) is 14.9. The smallest absolute Gasteiger partial charge is 0.173 e. The van der Waals surface area contributed by atoms with Gasteiger partial charge in [0, 0.05) is 18.8 Å². The Labute approximate surface area is 148 Å². The second kappa shape index (κ2) is 7.53. The van der Waals surface area contributed by atoms with Gasteiger partial charge in [0.25, 0.3) is 0 Å². The Morgan fingerprint density at radius 3 is 2.62 bits per heavy atom. The first-order valence-electron chi connectivity index (χ1n) is 8.17. The monoisotopic (exact) mass is 342 g/mol. The molecule has 3 rings (SSSR count). The summed E-state index contributed by atoms with van der Waals surface area (Å²) in [6.07, 6.45) is 0. The largest absolute Gasteiger partial charge is 0.486 e. The summed E-state index contributed by atoms with van der Waals surface area (Å²) >= 11 is 5.60. The van der Waals surface area contributed by atoms with Crippen molar-refractivity contribution in [1.82, 2.24) is 4.90 Å². The second-order valence-electron chi connectivity index (χ2n) is 5.74. The Morgan fingerprint density at radius 1 is 1.12 bits per heavy atom. The summed E-state index contributed by atoms with van der Waals surface area (Å²) in [6.45, 7) is 6.93. The summed E-state index contributed by atoms with van der Waals surface area (Å²) in [4.78, 5) is 2.13. The number of nitrogens with one attached hydrogen (secondary N) is 1. The maximum absolute atomic E-state index is 5.66. The van der Waals surface area contributed by atoms with Crippen molar-refractivity contribution in [3.05, 3.63) is 53.6 Å². The molecule has 0 fully saturated rings. The fourth-order valence-corrected chi connectivity index (χ4v) is 2.94. The molecule has 0 atom stereocenters. The molecule has 0 aromatic heterocycles. The summed E-state index contributed by atoms with van der Waals surface area (Å²) in [5.74, 6) is 1.63. The molecule has 0 unspecified atom stereocenters. The van der Waals surface area contributed by atoms with Crippen molar-refractivity contribution in [2.75, 3.05) is 25.1 Å². The van der Waals surface area contributed by atoms with E-state index >= 15 is 0 Å². The lowest BCUT2D eigenvalue weighted by Gasteiger charge is -2.26. The van der Waals surface area contributed by atoms with Gasteiger partial charge in [0.2, 0.25) is 0 Å². The zero-order valence-electron chi connectivity index (χ0n) is 14.0. The van der Waals surface area contributed by atoms with Crippen LogP contribution in [0.1, 0.15) is 18.1 Å². The molecule has 1 aliphatic rings. The van der Waals surface area contributed by atoms with Gasteiger partial charge < -0.3 is 19.7 Å². The SMILES string of the molecule is CCN(Cc1ccc2c(c1)OCCO2)C(=S)Nc1ccccc1C. The van der Waals surface area contributed by atoms with Gasteiger partial charge in [-0.05, 0) is 55.4 Å². The summed E-state index contributed by atoms with van der Waals surface area (Å²) < 4.78 is 11.2. The van der Waals surface area contributed by atoms with E-state index in [0.29, 0.717) is 13.2 Å². The number of aryl methyl sites for hydroxylation is 1. The number of nitrogens with zero attached hydrogens (tertiary/aromatic N) is 1. The molecular weight excluding hydrogens is 320 g/mol. The molecule has 0 amide bonds. The average molecular weight is 342 g/mol. The highest BCUT2D eigenvalue weighted by Gasteiger charge is 2.14. The van der Waals surface area contributed by atoms with Gasteiger partial charge in [0.05, 0.1) is 0 Å². The lowest BCUT2D eigenvalue weighted by molar-refractivity contribution is 0.171. The standard InChI is InChI=1S/C19H22N2O2S/c1-3-21(19(24)20-16-7-5-4-6-14(16)2)13-15-8-9-17-18(12-15)23-11-10-22-17/h4-9,12H,3,10-11,13H2,1-2H3,(H,20,24). The molecule has 0 radical (unpaired) electrons. The Balaban J connectivity index is 1.70. The van der Waals surface area contributed by atoms with Crippen LogP contribution in [0.4, 0.5) is 5.69 Å². The third kappa shape index (κ3) is 3.79. The molecule has 1 heterocycles. The molecule has 4 nitrogen and oxygen atoms in total. The van der Waals surface area contributed by atoms with Gasteiger partial charge >= 0.3 is 0 Å². The topological polar surface area (TPSA) is 33.7 Å². The van der Waals surface area contributed by atoms with Crippen molar-refractivity contribution in [2.24, 2.45) is 0 Å². The maximum atomic E-state index is 5.66. The maximum Gasteiger partial charge on any atom is 0.173 e. The third-order valence-electron chi connectivity index (χ3n) is 4.04. The molecule has 1 N–H and O–H groups in total. The van der Waals surface area contributed by atoms with Crippen LogP contribution in [0, 0.1) is 6.92 Å². The van der Waals surface area contributed by atoms with Crippen LogP contribution in [0.25, 0.3) is 0 Å². The van der Waals surface area contributed by atoms with Gasteiger partial charge in [-0.25, -0.2) is 0 Å². The summed E-state index contributed by atoms with van der Waals surface area (Å²) in [5.41, 5.74) is 3.37. The number of hydrogen-bond acceptors (Lipinski definition) is 3. The molecule has 0 aliphatic carbocycles. The number of hydrogen-bond donors (Lipinski definition) is 1. The van der Waals surface area contributed by atoms with E-state index in [1.807, 2.05) is 30.3 Å². The van der Waals surface area contributed by atoms with E-state index in [2.05, 4.69) is 36.2 Å². The number of para-hydroxylation sites is 1. The molecule has 2 aromatic carbocycles. The molecule has 0 saturated carbocycles. The Bertz CT molecular complexity index is 733. The van der Waals surface area contributed by atoms with E-state index in [1.165, 1.54) is 5.56 Å². The molecular formula is C19H22N2O2S. The minimum Gasteiger partial charge on any atom is -0.486 e. The van der Waals surface area contributed by atoms with Crippen molar-refractivity contribution in [2.45, 2.75) is 20.4 Å². The summed E-state index contributed by atoms with van der Waals surface area (Å²) in [5, 5.41) is 4.07. The summed E-state index contributed by atoms with van der Waals surface area (Å²) in [7, 11) is 0. The van der Waals surface area contributed by atoms with E-state index in [1.54, 1.807) is 0 Å². The number of thiocarbonyl (C=S) groups is 1. The fourth-order valence-electron chi connectivity index (χ4n) is 2.64. The molecule has 24 heavy (non-hydrogen) atoms. The van der Waals surface area contributed by atoms with Crippen LogP contribution in [-0.2, 0) is 6.54 Å². The number of ether oxygens (including phenoxy) is 2. The summed E-state index contributed by atoms with van der Waals surface area (Å²) in [6, 6.07) is 14.2. The molecule has 5 heteroatoms. The number of anilines is 1. The van der Waals surface area contributed by atoms with Gasteiger partial charge in [-0.2, -0.15) is 0 Å². The van der Waals surface area contributed by atoms with Crippen LogP contribution < -0.4 is 14.8 Å². The van der Waals surface area contributed by atoms with Crippen molar-refractivity contribution in [3.63, 3.8) is 0 Å². The average Bonchev–Trinajstić information content (AvgIpc) is 2.61. The highest BCUT2D eigenvalue weighted by Crippen LogP contribution is 2.31. The molecule has 0 saturated heterocycles. The van der Waals surface area contributed by atoms with E-state index < -0.39 is 0 Å². The van der Waals surface area contributed by atoms with Crippen LogP contribution in [-0.4, -0.2) is 29.8 Å². The number of fused-ring (bicyclic) bond motifs is 1. The van der Waals surface area contributed by atoms with Crippen molar-refractivity contribution < 1.29 is 9.47 Å². The quantitative estimate of drug-likeness (QED) is 0.850. The van der Waals surface area contributed by atoms with Crippen LogP contribution in [0.15, 0.2) is 42.5 Å². The van der Waals surface area contributed by atoms with Crippen LogP contribution in [0.3, 0.4) is 0 Å². The van der Waals surface area contributed by atoms with Gasteiger partial charge in [-0.3, -0.25) is 0 Å². The molecule has 126 valence electrons. The van der Waals surface area contributed by atoms with Gasteiger partial charge in [-0.1, -0.05) is 24.3 Å². The van der Waals surface area contributed by atoms with Crippen molar-refractivity contribution in [1.29, 1.82) is 0 Å². The van der Waals surface area contributed by atoms with Gasteiger partial charge in [-0.15, -0.1) is 0 Å².